The molecule has 4 N–H and O–H groups in total. The van der Waals surface area contributed by atoms with Crippen LogP contribution in [0.5, 0.6) is 5.75 Å². The molecule has 0 aliphatic carbocycles. The molecule has 0 saturated heterocycles. The summed E-state index contributed by atoms with van der Waals surface area (Å²) in [7, 11) is 0. The summed E-state index contributed by atoms with van der Waals surface area (Å²) < 4.78 is 0. The Bertz CT molecular complexity index is 541. The van der Waals surface area contributed by atoms with E-state index in [0.29, 0.717) is 5.69 Å². The maximum absolute atomic E-state index is 11.8. The molecule has 1 aromatic heterocycles. The monoisotopic (exact) mass is 229 g/mol. The Morgan fingerprint density at radius 2 is 1.94 bits per heavy atom. The molecule has 86 valence electrons. The first kappa shape index (κ1) is 10.9. The van der Waals surface area contributed by atoms with Gasteiger partial charge in [-0.15, -0.1) is 0 Å². The molecule has 5 heteroatoms. The Morgan fingerprint density at radius 3 is 2.65 bits per heavy atom. The molecule has 0 spiro atoms. The van der Waals surface area contributed by atoms with Crippen molar-refractivity contribution in [3.05, 3.63) is 48.3 Å². The topological polar surface area (TPSA) is 88.2 Å². The van der Waals surface area contributed by atoms with E-state index < -0.39 is 5.91 Å². The normalized spacial score (nSPS) is 9.88. The summed E-state index contributed by atoms with van der Waals surface area (Å²) in [5.74, 6) is -0.625. The number of rotatable bonds is 2. The number of aromatic hydroxyl groups is 1. The predicted octanol–water partition coefficient (Wildman–Crippen LogP) is 1.62. The minimum Gasteiger partial charge on any atom is -0.505 e. The van der Waals surface area contributed by atoms with Crippen LogP contribution in [0.2, 0.25) is 0 Å². The summed E-state index contributed by atoms with van der Waals surface area (Å²) in [4.78, 5) is 15.7. The minimum atomic E-state index is -0.416. The molecule has 5 nitrogen and oxygen atoms in total. The number of amides is 1. The Kier molecular flexibility index (Phi) is 2.91. The van der Waals surface area contributed by atoms with Gasteiger partial charge in [0.05, 0.1) is 11.3 Å². The number of aromatic nitrogens is 1. The zero-order valence-electron chi connectivity index (χ0n) is 8.92. The number of carbonyl (C=O) groups is 1. The molecule has 0 aliphatic rings. The van der Waals surface area contributed by atoms with E-state index in [9.17, 15) is 9.90 Å². The molecule has 1 aromatic carbocycles. The van der Waals surface area contributed by atoms with Gasteiger partial charge in [-0.05, 0) is 24.3 Å². The number of phenolic OH excluding ortho intramolecular Hbond substituents is 1. The van der Waals surface area contributed by atoms with Crippen LogP contribution in [0, 0.1) is 0 Å². The average Bonchev–Trinajstić information content (AvgIpc) is 2.34. The zero-order valence-corrected chi connectivity index (χ0v) is 8.92. The van der Waals surface area contributed by atoms with Crippen LogP contribution in [0.3, 0.4) is 0 Å². The Balaban J connectivity index is 2.24. The maximum atomic E-state index is 11.8. The molecular formula is C12H11N3O2. The van der Waals surface area contributed by atoms with Crippen LogP contribution in [-0.2, 0) is 0 Å². The van der Waals surface area contributed by atoms with Crippen molar-refractivity contribution in [2.24, 2.45) is 0 Å². The van der Waals surface area contributed by atoms with Crippen molar-refractivity contribution in [1.29, 1.82) is 0 Å². The number of para-hydroxylation sites is 1. The first-order valence-corrected chi connectivity index (χ1v) is 4.97. The number of nitrogen functional groups attached to an aromatic ring is 1. The van der Waals surface area contributed by atoms with Gasteiger partial charge in [-0.3, -0.25) is 9.78 Å². The smallest absolute Gasteiger partial charge is 0.259 e. The van der Waals surface area contributed by atoms with Crippen molar-refractivity contribution in [3.63, 3.8) is 0 Å². The standard InChI is InChI=1S/C12H11N3O2/c13-10-3-1-2-9(11(10)16)12(17)15-8-4-6-14-7-5-8/h1-7,16H,13H2,(H,14,15,17). The van der Waals surface area contributed by atoms with Crippen molar-refractivity contribution in [3.8, 4) is 5.75 Å². The highest BCUT2D eigenvalue weighted by Crippen LogP contribution is 2.25. The van der Waals surface area contributed by atoms with E-state index in [4.69, 9.17) is 5.73 Å². The number of benzene rings is 1. The van der Waals surface area contributed by atoms with Gasteiger partial charge in [-0.25, -0.2) is 0 Å². The second kappa shape index (κ2) is 4.52. The number of nitrogens with zero attached hydrogens (tertiary/aromatic N) is 1. The van der Waals surface area contributed by atoms with Gasteiger partial charge in [0, 0.05) is 18.1 Å². The molecule has 17 heavy (non-hydrogen) atoms. The van der Waals surface area contributed by atoms with Crippen LogP contribution < -0.4 is 11.1 Å². The molecule has 0 unspecified atom stereocenters. The number of pyridine rings is 1. The summed E-state index contributed by atoms with van der Waals surface area (Å²) in [5, 5.41) is 12.3. The maximum Gasteiger partial charge on any atom is 0.259 e. The van der Waals surface area contributed by atoms with Gasteiger partial charge in [0.1, 0.15) is 0 Å². The second-order valence-electron chi connectivity index (χ2n) is 3.43. The van der Waals surface area contributed by atoms with E-state index in [1.54, 1.807) is 30.6 Å². The number of hydrogen-bond acceptors (Lipinski definition) is 4. The Hall–Kier alpha value is -2.56. The summed E-state index contributed by atoms with van der Waals surface area (Å²) in [6, 6.07) is 7.94. The van der Waals surface area contributed by atoms with E-state index in [1.807, 2.05) is 0 Å². The van der Waals surface area contributed by atoms with Gasteiger partial charge in [-0.1, -0.05) is 6.07 Å². The SMILES string of the molecule is Nc1cccc(C(=O)Nc2ccncc2)c1O. The van der Waals surface area contributed by atoms with Crippen LogP contribution in [0.4, 0.5) is 11.4 Å². The van der Waals surface area contributed by atoms with Gasteiger partial charge in [0.2, 0.25) is 0 Å². The average molecular weight is 229 g/mol. The van der Waals surface area contributed by atoms with Crippen LogP contribution in [0.25, 0.3) is 0 Å². The van der Waals surface area contributed by atoms with Crippen LogP contribution in [0.15, 0.2) is 42.7 Å². The van der Waals surface area contributed by atoms with Crippen molar-refractivity contribution in [2.75, 3.05) is 11.1 Å². The molecular weight excluding hydrogens is 218 g/mol. The molecule has 0 radical (unpaired) electrons. The lowest BCUT2D eigenvalue weighted by molar-refractivity contribution is 0.102. The van der Waals surface area contributed by atoms with E-state index in [-0.39, 0.29) is 17.0 Å². The van der Waals surface area contributed by atoms with Crippen LogP contribution in [-0.4, -0.2) is 16.0 Å². The van der Waals surface area contributed by atoms with E-state index in [1.165, 1.54) is 12.1 Å². The zero-order chi connectivity index (χ0) is 12.3. The number of carbonyl (C=O) groups excluding carboxylic acids is 1. The van der Waals surface area contributed by atoms with E-state index in [0.717, 1.165) is 0 Å². The van der Waals surface area contributed by atoms with E-state index in [2.05, 4.69) is 10.3 Å². The van der Waals surface area contributed by atoms with Gasteiger partial charge >= 0.3 is 0 Å². The summed E-state index contributed by atoms with van der Waals surface area (Å²) in [6.07, 6.45) is 3.13. The number of anilines is 2. The molecule has 0 bridgehead atoms. The first-order valence-electron chi connectivity index (χ1n) is 4.97. The Labute approximate surface area is 97.9 Å². The fraction of sp³-hybridized carbons (Fsp3) is 0. The minimum absolute atomic E-state index is 0.141. The molecule has 1 heterocycles. The lowest BCUT2D eigenvalue weighted by atomic mass is 10.1. The van der Waals surface area contributed by atoms with Gasteiger partial charge in [0.15, 0.2) is 5.75 Å². The van der Waals surface area contributed by atoms with Crippen molar-refractivity contribution < 1.29 is 9.90 Å². The predicted molar refractivity (Wildman–Crippen MR) is 64.7 cm³/mol. The third-order valence-corrected chi connectivity index (χ3v) is 2.25. The second-order valence-corrected chi connectivity index (χ2v) is 3.43. The van der Waals surface area contributed by atoms with Gasteiger partial charge < -0.3 is 16.2 Å². The third kappa shape index (κ3) is 2.34. The molecule has 1 amide bonds. The fourth-order valence-electron chi connectivity index (χ4n) is 1.38. The number of phenols is 1. The number of hydrogen-bond donors (Lipinski definition) is 3. The highest BCUT2D eigenvalue weighted by Gasteiger charge is 2.12. The molecule has 0 aliphatic heterocycles. The van der Waals surface area contributed by atoms with Crippen molar-refractivity contribution in [2.45, 2.75) is 0 Å². The first-order chi connectivity index (χ1) is 8.18. The molecule has 2 aromatic rings. The van der Waals surface area contributed by atoms with Crippen LogP contribution in [0.1, 0.15) is 10.4 Å². The molecule has 0 fully saturated rings. The highest BCUT2D eigenvalue weighted by molar-refractivity contribution is 6.07. The highest BCUT2D eigenvalue weighted by atomic mass is 16.3. The quantitative estimate of drug-likeness (QED) is 0.539. The Morgan fingerprint density at radius 1 is 1.24 bits per heavy atom. The van der Waals surface area contributed by atoms with Crippen LogP contribution >= 0.6 is 0 Å². The largest absolute Gasteiger partial charge is 0.505 e. The van der Waals surface area contributed by atoms with Gasteiger partial charge in [-0.2, -0.15) is 0 Å². The lowest BCUT2D eigenvalue weighted by Gasteiger charge is -2.07. The van der Waals surface area contributed by atoms with E-state index >= 15 is 0 Å². The number of nitrogens with one attached hydrogen (secondary N) is 1. The summed E-state index contributed by atoms with van der Waals surface area (Å²) >= 11 is 0. The molecule has 0 saturated carbocycles. The molecule has 2 rings (SSSR count). The summed E-state index contributed by atoms with van der Waals surface area (Å²) in [6.45, 7) is 0. The summed E-state index contributed by atoms with van der Waals surface area (Å²) in [5.41, 5.74) is 6.43. The number of nitrogens with two attached hydrogens (primary N) is 1. The van der Waals surface area contributed by atoms with Crippen molar-refractivity contribution >= 4 is 17.3 Å². The third-order valence-electron chi connectivity index (χ3n) is 2.25. The lowest BCUT2D eigenvalue weighted by Crippen LogP contribution is -2.12. The fourth-order valence-corrected chi connectivity index (χ4v) is 1.38. The van der Waals surface area contributed by atoms with Crippen molar-refractivity contribution in [1.82, 2.24) is 4.98 Å². The van der Waals surface area contributed by atoms with Gasteiger partial charge in [0.25, 0.3) is 5.91 Å². The molecule has 0 atom stereocenters.